The number of carbonyl (C=O) groups excluding carboxylic acids is 1. The van der Waals surface area contributed by atoms with Crippen molar-refractivity contribution in [2.24, 2.45) is 4.99 Å². The van der Waals surface area contributed by atoms with Gasteiger partial charge in [0.1, 0.15) is 17.4 Å². The predicted octanol–water partition coefficient (Wildman–Crippen LogP) is 5.25. The number of thioether (sulfide) groups is 1. The Morgan fingerprint density at radius 1 is 0.931 bits per heavy atom. The summed E-state index contributed by atoms with van der Waals surface area (Å²) in [5.74, 6) is 0.873. The number of nitrogens with one attached hydrogen (secondary N) is 1. The Morgan fingerprint density at radius 2 is 1.62 bits per heavy atom. The van der Waals surface area contributed by atoms with E-state index in [1.807, 2.05) is 72.1 Å². The van der Waals surface area contributed by atoms with Crippen LogP contribution in [-0.2, 0) is 4.79 Å². The summed E-state index contributed by atoms with van der Waals surface area (Å²) < 4.78 is 5.88. The topological polar surface area (TPSA) is 69.7 Å². The van der Waals surface area contributed by atoms with Crippen molar-refractivity contribution >= 4 is 40.4 Å². The molecule has 0 saturated heterocycles. The molecule has 0 fully saturated rings. The molecular weight excluding hydrogens is 382 g/mol. The molecule has 0 radical (unpaired) electrons. The molecule has 0 aliphatic carbocycles. The lowest BCUT2D eigenvalue weighted by Gasteiger charge is -2.26. The van der Waals surface area contributed by atoms with E-state index >= 15 is 0 Å². The van der Waals surface area contributed by atoms with Gasteiger partial charge in [-0.25, -0.2) is 0 Å². The van der Waals surface area contributed by atoms with Crippen molar-refractivity contribution < 1.29 is 9.21 Å². The summed E-state index contributed by atoms with van der Waals surface area (Å²) in [5, 5.41) is 11.1. The van der Waals surface area contributed by atoms with E-state index in [1.54, 1.807) is 17.0 Å². The fourth-order valence-corrected chi connectivity index (χ4v) is 4.13. The Bertz CT molecular complexity index is 1210. The van der Waals surface area contributed by atoms with E-state index in [9.17, 15) is 4.79 Å². The Kier molecular flexibility index (Phi) is 4.26. The van der Waals surface area contributed by atoms with Gasteiger partial charge in [-0.1, -0.05) is 72.4 Å². The predicted molar refractivity (Wildman–Crippen MR) is 116 cm³/mol. The summed E-state index contributed by atoms with van der Waals surface area (Å²) in [4.78, 5) is 18.4. The second-order valence-electron chi connectivity index (χ2n) is 6.50. The molecule has 1 amide bonds. The van der Waals surface area contributed by atoms with Crippen LogP contribution in [0.5, 0.6) is 0 Å². The standard InChI is InChI=1S/C23H15N3O2S/c24-21-18(13-17-11-12-20(28-17)16-9-5-2-6-10-16)22(27)25-23-26(21)19(14-29-23)15-7-3-1-4-8-15/h1-14,24H/b18-13+,24-21?. The zero-order valence-corrected chi connectivity index (χ0v) is 16.0. The number of amidine groups is 2. The van der Waals surface area contributed by atoms with Gasteiger partial charge in [0, 0.05) is 11.0 Å². The molecule has 0 bridgehead atoms. The summed E-state index contributed by atoms with van der Waals surface area (Å²) in [7, 11) is 0. The molecule has 5 rings (SSSR count). The van der Waals surface area contributed by atoms with Gasteiger partial charge in [-0.15, -0.1) is 0 Å². The third-order valence-corrected chi connectivity index (χ3v) is 5.48. The molecule has 5 nitrogen and oxygen atoms in total. The zero-order chi connectivity index (χ0) is 19.8. The van der Waals surface area contributed by atoms with Crippen molar-refractivity contribution in [2.75, 3.05) is 0 Å². The number of benzene rings is 2. The van der Waals surface area contributed by atoms with Crippen LogP contribution in [0.3, 0.4) is 0 Å². The van der Waals surface area contributed by atoms with Crippen LogP contribution in [0.2, 0.25) is 0 Å². The first-order valence-corrected chi connectivity index (χ1v) is 9.90. The van der Waals surface area contributed by atoms with Crippen LogP contribution in [0, 0.1) is 5.41 Å². The highest BCUT2D eigenvalue weighted by Gasteiger charge is 2.36. The fourth-order valence-electron chi connectivity index (χ4n) is 3.24. The minimum absolute atomic E-state index is 0.0952. The monoisotopic (exact) mass is 397 g/mol. The lowest BCUT2D eigenvalue weighted by Crippen LogP contribution is -2.37. The highest BCUT2D eigenvalue weighted by atomic mass is 32.2. The number of aliphatic imine (C=N–C) groups is 1. The third kappa shape index (κ3) is 3.13. The van der Waals surface area contributed by atoms with Crippen molar-refractivity contribution in [3.63, 3.8) is 0 Å². The van der Waals surface area contributed by atoms with E-state index in [0.717, 1.165) is 16.8 Å². The van der Waals surface area contributed by atoms with Crippen LogP contribution in [0.1, 0.15) is 11.3 Å². The van der Waals surface area contributed by atoms with Gasteiger partial charge in [0.05, 0.1) is 11.3 Å². The molecule has 0 unspecified atom stereocenters. The minimum atomic E-state index is -0.436. The molecule has 140 valence electrons. The number of hydrogen-bond donors (Lipinski definition) is 1. The minimum Gasteiger partial charge on any atom is -0.457 e. The highest BCUT2D eigenvalue weighted by molar-refractivity contribution is 8.17. The van der Waals surface area contributed by atoms with Crippen molar-refractivity contribution in [2.45, 2.75) is 0 Å². The van der Waals surface area contributed by atoms with Crippen LogP contribution in [0.25, 0.3) is 23.1 Å². The lowest BCUT2D eigenvalue weighted by molar-refractivity contribution is -0.114. The quantitative estimate of drug-likeness (QED) is 0.613. The largest absolute Gasteiger partial charge is 0.457 e. The maximum atomic E-state index is 12.6. The Labute approximate surface area is 171 Å². The molecule has 1 N–H and O–H groups in total. The molecule has 0 saturated carbocycles. The van der Waals surface area contributed by atoms with E-state index in [4.69, 9.17) is 9.83 Å². The summed E-state index contributed by atoms with van der Waals surface area (Å²) in [6.45, 7) is 0. The van der Waals surface area contributed by atoms with Gasteiger partial charge >= 0.3 is 0 Å². The normalized spacial score (nSPS) is 17.4. The van der Waals surface area contributed by atoms with Crippen molar-refractivity contribution in [1.82, 2.24) is 4.90 Å². The molecule has 3 heterocycles. The summed E-state index contributed by atoms with van der Waals surface area (Å²) in [6.07, 6.45) is 1.59. The van der Waals surface area contributed by atoms with Gasteiger partial charge < -0.3 is 4.42 Å². The van der Waals surface area contributed by atoms with E-state index in [1.165, 1.54) is 11.8 Å². The molecule has 3 aromatic rings. The van der Waals surface area contributed by atoms with Crippen LogP contribution >= 0.6 is 11.8 Å². The average Bonchev–Trinajstić information content (AvgIpc) is 3.40. The van der Waals surface area contributed by atoms with E-state index in [0.29, 0.717) is 16.7 Å². The Morgan fingerprint density at radius 3 is 2.34 bits per heavy atom. The molecule has 2 aliphatic rings. The average molecular weight is 397 g/mol. The molecule has 2 aromatic carbocycles. The number of carbonyl (C=O) groups is 1. The zero-order valence-electron chi connectivity index (χ0n) is 15.2. The maximum absolute atomic E-state index is 12.6. The lowest BCUT2D eigenvalue weighted by atomic mass is 10.1. The smallest absolute Gasteiger partial charge is 0.283 e. The van der Waals surface area contributed by atoms with Crippen LogP contribution in [0.15, 0.2) is 93.2 Å². The highest BCUT2D eigenvalue weighted by Crippen LogP contribution is 2.37. The second-order valence-corrected chi connectivity index (χ2v) is 7.33. The molecular formula is C23H15N3O2S. The van der Waals surface area contributed by atoms with Gasteiger partial charge in [-0.05, 0) is 23.8 Å². The summed E-state index contributed by atoms with van der Waals surface area (Å²) in [5.41, 5.74) is 2.95. The van der Waals surface area contributed by atoms with Crippen molar-refractivity contribution in [1.29, 1.82) is 5.41 Å². The first-order valence-electron chi connectivity index (χ1n) is 9.02. The van der Waals surface area contributed by atoms with Gasteiger partial charge in [0.25, 0.3) is 5.91 Å². The third-order valence-electron chi connectivity index (χ3n) is 4.66. The number of amides is 1. The summed E-state index contributed by atoms with van der Waals surface area (Å²) in [6, 6.07) is 23.2. The van der Waals surface area contributed by atoms with Crippen LogP contribution in [0.4, 0.5) is 0 Å². The number of furan rings is 1. The van der Waals surface area contributed by atoms with E-state index < -0.39 is 5.91 Å². The van der Waals surface area contributed by atoms with E-state index in [-0.39, 0.29) is 11.4 Å². The van der Waals surface area contributed by atoms with E-state index in [2.05, 4.69) is 4.99 Å². The van der Waals surface area contributed by atoms with Gasteiger partial charge in [0.2, 0.25) is 0 Å². The van der Waals surface area contributed by atoms with Crippen LogP contribution in [-0.4, -0.2) is 21.8 Å². The number of nitrogens with zero attached hydrogens (tertiary/aromatic N) is 2. The van der Waals surface area contributed by atoms with Gasteiger partial charge in [0.15, 0.2) is 5.17 Å². The van der Waals surface area contributed by atoms with Gasteiger partial charge in [-0.2, -0.15) is 4.99 Å². The SMILES string of the molecule is N=C1/C(=C\c2ccc(-c3ccccc3)o2)C(=O)N=C2SC=C(c3ccccc3)N12. The Balaban J connectivity index is 1.49. The maximum Gasteiger partial charge on any atom is 0.283 e. The number of hydrogen-bond acceptors (Lipinski definition) is 4. The Hall–Kier alpha value is -3.64. The fraction of sp³-hybridized carbons (Fsp3) is 0. The van der Waals surface area contributed by atoms with Gasteiger partial charge in [-0.3, -0.25) is 15.1 Å². The molecule has 0 atom stereocenters. The second kappa shape index (κ2) is 7.07. The number of rotatable bonds is 3. The number of fused-ring (bicyclic) bond motifs is 1. The molecule has 0 spiro atoms. The first-order chi connectivity index (χ1) is 14.2. The van der Waals surface area contributed by atoms with Crippen molar-refractivity contribution in [3.8, 4) is 11.3 Å². The molecule has 1 aromatic heterocycles. The van der Waals surface area contributed by atoms with Crippen LogP contribution < -0.4 is 0 Å². The molecule has 2 aliphatic heterocycles. The first kappa shape index (κ1) is 17.5. The molecule has 29 heavy (non-hydrogen) atoms. The molecule has 6 heteroatoms. The summed E-state index contributed by atoms with van der Waals surface area (Å²) >= 11 is 1.35. The van der Waals surface area contributed by atoms with Crippen molar-refractivity contribution in [3.05, 3.63) is 95.1 Å².